The highest BCUT2D eigenvalue weighted by molar-refractivity contribution is 6.30. The highest BCUT2D eigenvalue weighted by Gasteiger charge is 2.25. The molecule has 1 heterocycles. The Morgan fingerprint density at radius 1 is 1.14 bits per heavy atom. The molecular formula is C22H23ClFN3O. The molecule has 1 fully saturated rings. The van der Waals surface area contributed by atoms with Crippen molar-refractivity contribution in [2.75, 3.05) is 0 Å². The van der Waals surface area contributed by atoms with E-state index in [2.05, 4.69) is 33.8 Å². The Morgan fingerprint density at radius 3 is 2.79 bits per heavy atom. The van der Waals surface area contributed by atoms with Crippen LogP contribution < -0.4 is 10.6 Å². The van der Waals surface area contributed by atoms with Crippen molar-refractivity contribution in [3.05, 3.63) is 70.6 Å². The molecule has 2 atom stereocenters. The van der Waals surface area contributed by atoms with E-state index in [0.717, 1.165) is 37.0 Å². The van der Waals surface area contributed by atoms with Crippen molar-refractivity contribution >= 4 is 28.4 Å². The summed E-state index contributed by atoms with van der Waals surface area (Å²) in [7, 11) is 0. The zero-order valence-electron chi connectivity index (χ0n) is 15.5. The Kier molecular flexibility index (Phi) is 5.64. The summed E-state index contributed by atoms with van der Waals surface area (Å²) in [6.45, 7) is 0.780. The summed E-state index contributed by atoms with van der Waals surface area (Å²) in [6.07, 6.45) is 3.01. The average Bonchev–Trinajstić information content (AvgIpc) is 3.24. The van der Waals surface area contributed by atoms with Crippen LogP contribution in [0.1, 0.15) is 30.5 Å². The van der Waals surface area contributed by atoms with Crippen LogP contribution in [-0.4, -0.2) is 23.0 Å². The molecule has 0 spiro atoms. The van der Waals surface area contributed by atoms with Crippen molar-refractivity contribution in [3.8, 4) is 0 Å². The lowest BCUT2D eigenvalue weighted by molar-refractivity contribution is -0.121. The maximum absolute atomic E-state index is 13.4. The van der Waals surface area contributed by atoms with Crippen LogP contribution in [0.2, 0.25) is 5.02 Å². The number of halogens is 2. The van der Waals surface area contributed by atoms with Crippen molar-refractivity contribution in [2.45, 2.75) is 44.3 Å². The van der Waals surface area contributed by atoms with Gasteiger partial charge in [0.1, 0.15) is 5.82 Å². The van der Waals surface area contributed by atoms with E-state index in [1.807, 2.05) is 12.1 Å². The molecular weight excluding hydrogens is 377 g/mol. The molecule has 28 heavy (non-hydrogen) atoms. The number of aromatic nitrogens is 1. The first kappa shape index (κ1) is 19.0. The van der Waals surface area contributed by atoms with Gasteiger partial charge < -0.3 is 15.6 Å². The summed E-state index contributed by atoms with van der Waals surface area (Å²) in [6, 6.07) is 15.1. The van der Waals surface area contributed by atoms with E-state index in [4.69, 9.17) is 11.6 Å². The molecule has 0 radical (unpaired) electrons. The van der Waals surface area contributed by atoms with Crippen LogP contribution >= 0.6 is 11.6 Å². The van der Waals surface area contributed by atoms with Crippen molar-refractivity contribution in [1.29, 1.82) is 0 Å². The number of carbonyl (C=O) groups excluding carboxylic acids is 1. The number of hydrogen-bond donors (Lipinski definition) is 3. The molecule has 0 bridgehead atoms. The Morgan fingerprint density at radius 2 is 1.96 bits per heavy atom. The molecule has 0 saturated heterocycles. The highest BCUT2D eigenvalue weighted by atomic mass is 35.5. The van der Waals surface area contributed by atoms with Crippen LogP contribution in [0.25, 0.3) is 10.9 Å². The topological polar surface area (TPSA) is 56.9 Å². The number of amides is 1. The van der Waals surface area contributed by atoms with Crippen LogP contribution in [0.3, 0.4) is 0 Å². The van der Waals surface area contributed by atoms with E-state index in [1.165, 1.54) is 17.5 Å². The summed E-state index contributed by atoms with van der Waals surface area (Å²) in [5.74, 6) is -0.514. The standard InChI is InChI=1S/C22H23ClFN3O/c23-16-7-14(8-17(24)11-16)9-22(28)27-19-6-5-18(12-19)25-13-20-10-15-3-1-2-4-21(15)26-20/h1-4,7-8,10-11,18-19,25-26H,5-6,9,12-13H2,(H,27,28)/t18-,19+/m1/s1. The summed E-state index contributed by atoms with van der Waals surface area (Å²) in [5, 5.41) is 8.17. The van der Waals surface area contributed by atoms with Crippen molar-refractivity contribution < 1.29 is 9.18 Å². The van der Waals surface area contributed by atoms with Gasteiger partial charge in [-0.3, -0.25) is 4.79 Å². The van der Waals surface area contributed by atoms with Gasteiger partial charge in [0.05, 0.1) is 6.42 Å². The Bertz CT molecular complexity index is 934. The average molecular weight is 400 g/mol. The third-order valence-corrected chi connectivity index (χ3v) is 5.47. The fraction of sp³-hybridized carbons (Fsp3) is 0.318. The molecule has 1 aromatic heterocycles. The van der Waals surface area contributed by atoms with Crippen molar-refractivity contribution in [1.82, 2.24) is 15.6 Å². The monoisotopic (exact) mass is 399 g/mol. The fourth-order valence-electron chi connectivity index (χ4n) is 3.96. The molecule has 4 nitrogen and oxygen atoms in total. The van der Waals surface area contributed by atoms with Gasteiger partial charge in [-0.15, -0.1) is 0 Å². The SMILES string of the molecule is O=C(Cc1cc(F)cc(Cl)c1)N[C@H]1CC[C@@H](NCc2cc3ccccc3[nH]2)C1. The molecule has 3 N–H and O–H groups in total. The smallest absolute Gasteiger partial charge is 0.224 e. The number of fused-ring (bicyclic) bond motifs is 1. The van der Waals surface area contributed by atoms with E-state index in [1.54, 1.807) is 6.07 Å². The van der Waals surface area contributed by atoms with E-state index in [9.17, 15) is 9.18 Å². The molecule has 1 amide bonds. The van der Waals surface area contributed by atoms with Gasteiger partial charge in [-0.1, -0.05) is 29.8 Å². The van der Waals surface area contributed by atoms with Crippen molar-refractivity contribution in [2.24, 2.45) is 0 Å². The lowest BCUT2D eigenvalue weighted by Crippen LogP contribution is -2.36. The Hall–Kier alpha value is -2.37. The third-order valence-electron chi connectivity index (χ3n) is 5.25. The minimum Gasteiger partial charge on any atom is -0.357 e. The van der Waals surface area contributed by atoms with Gasteiger partial charge in [0, 0.05) is 34.9 Å². The van der Waals surface area contributed by atoms with Gasteiger partial charge in [0.25, 0.3) is 0 Å². The minimum atomic E-state index is -0.419. The maximum atomic E-state index is 13.4. The molecule has 1 aliphatic carbocycles. The van der Waals surface area contributed by atoms with E-state index < -0.39 is 5.82 Å². The van der Waals surface area contributed by atoms with Crippen LogP contribution in [-0.2, 0) is 17.8 Å². The van der Waals surface area contributed by atoms with E-state index >= 15 is 0 Å². The number of H-pyrrole nitrogens is 1. The highest BCUT2D eigenvalue weighted by Crippen LogP contribution is 2.21. The second-order valence-electron chi connectivity index (χ2n) is 7.49. The molecule has 0 unspecified atom stereocenters. The predicted octanol–water partition coefficient (Wildman–Crippen LogP) is 4.33. The largest absolute Gasteiger partial charge is 0.357 e. The first-order chi connectivity index (χ1) is 13.5. The molecule has 4 rings (SSSR count). The van der Waals surface area contributed by atoms with Gasteiger partial charge in [0.2, 0.25) is 5.91 Å². The van der Waals surface area contributed by atoms with E-state index in [-0.39, 0.29) is 18.4 Å². The van der Waals surface area contributed by atoms with Gasteiger partial charge in [-0.25, -0.2) is 4.39 Å². The molecule has 1 aliphatic rings. The number of carbonyl (C=O) groups is 1. The predicted molar refractivity (Wildman–Crippen MR) is 110 cm³/mol. The molecule has 146 valence electrons. The first-order valence-corrected chi connectivity index (χ1v) is 9.97. The summed E-state index contributed by atoms with van der Waals surface area (Å²) >= 11 is 5.85. The second kappa shape index (κ2) is 8.33. The maximum Gasteiger partial charge on any atom is 0.224 e. The molecule has 1 saturated carbocycles. The summed E-state index contributed by atoms with van der Waals surface area (Å²) < 4.78 is 13.4. The van der Waals surface area contributed by atoms with Gasteiger partial charge in [-0.05, 0) is 60.5 Å². The first-order valence-electron chi connectivity index (χ1n) is 9.59. The number of aromatic amines is 1. The number of hydrogen-bond acceptors (Lipinski definition) is 2. The van der Waals surface area contributed by atoms with E-state index in [0.29, 0.717) is 16.6 Å². The summed E-state index contributed by atoms with van der Waals surface area (Å²) in [5.41, 5.74) is 2.90. The molecule has 2 aromatic carbocycles. The van der Waals surface area contributed by atoms with Crippen LogP contribution in [0.5, 0.6) is 0 Å². The van der Waals surface area contributed by atoms with Crippen LogP contribution in [0, 0.1) is 5.82 Å². The van der Waals surface area contributed by atoms with Crippen LogP contribution in [0.15, 0.2) is 48.5 Å². The number of nitrogens with one attached hydrogen (secondary N) is 3. The summed E-state index contributed by atoms with van der Waals surface area (Å²) in [4.78, 5) is 15.7. The number of benzene rings is 2. The van der Waals surface area contributed by atoms with Gasteiger partial charge >= 0.3 is 0 Å². The molecule has 0 aliphatic heterocycles. The zero-order valence-corrected chi connectivity index (χ0v) is 16.2. The lowest BCUT2D eigenvalue weighted by Gasteiger charge is -2.14. The lowest BCUT2D eigenvalue weighted by atomic mass is 10.1. The van der Waals surface area contributed by atoms with Gasteiger partial charge in [0.15, 0.2) is 0 Å². The second-order valence-corrected chi connectivity index (χ2v) is 7.93. The zero-order chi connectivity index (χ0) is 19.5. The number of para-hydroxylation sites is 1. The Balaban J connectivity index is 1.25. The van der Waals surface area contributed by atoms with Crippen molar-refractivity contribution in [3.63, 3.8) is 0 Å². The normalized spacial score (nSPS) is 19.2. The number of rotatable bonds is 6. The van der Waals surface area contributed by atoms with Gasteiger partial charge in [-0.2, -0.15) is 0 Å². The minimum absolute atomic E-state index is 0.0945. The molecule has 6 heteroatoms. The fourth-order valence-corrected chi connectivity index (χ4v) is 4.20. The van der Waals surface area contributed by atoms with Crippen LogP contribution in [0.4, 0.5) is 4.39 Å². The Labute approximate surface area is 168 Å². The molecule has 3 aromatic rings. The quantitative estimate of drug-likeness (QED) is 0.577. The third kappa shape index (κ3) is 4.72.